The van der Waals surface area contributed by atoms with Gasteiger partial charge in [0, 0.05) is 0 Å². The third-order valence-corrected chi connectivity index (χ3v) is 1.40. The van der Waals surface area contributed by atoms with E-state index in [0.717, 1.165) is 0 Å². The number of carboxylic acid groups (broad SMARTS) is 1. The van der Waals surface area contributed by atoms with Crippen molar-refractivity contribution in [2.75, 3.05) is 0 Å². The quantitative estimate of drug-likeness (QED) is 0.567. The Labute approximate surface area is 53.7 Å². The molecule has 9 heavy (non-hydrogen) atoms. The molecule has 0 aromatic heterocycles. The summed E-state index contributed by atoms with van der Waals surface area (Å²) in [7, 11) is 0. The fourth-order valence-electron chi connectivity index (χ4n) is 0.267. The molecule has 0 aromatic carbocycles. The summed E-state index contributed by atoms with van der Waals surface area (Å²) in [6, 6.07) is 0. The first kappa shape index (κ1) is 8.14. The molecule has 0 spiro atoms. The molecule has 1 N–H and O–H groups in total. The fraction of sp³-hybridized carbons (Fsp3) is 0.667. The molecule has 0 rings (SSSR count). The normalized spacial score (nSPS) is 16.2. The van der Waals surface area contributed by atoms with Crippen molar-refractivity contribution in [3.63, 3.8) is 0 Å². The van der Waals surface area contributed by atoms with E-state index in [-0.39, 0.29) is 6.42 Å². The molecule has 0 aliphatic rings. The lowest BCUT2D eigenvalue weighted by molar-refractivity contribution is -0.144. The van der Waals surface area contributed by atoms with Crippen LogP contribution >= 0.6 is 0 Å². The third-order valence-electron chi connectivity index (χ3n) is 1.40. The second kappa shape index (κ2) is 2.62. The molecule has 0 aromatic rings. The summed E-state index contributed by atoms with van der Waals surface area (Å²) < 4.78 is 0. The maximum Gasteiger partial charge on any atom is 0.317 e. The van der Waals surface area contributed by atoms with Crippen LogP contribution < -0.4 is 0 Å². The van der Waals surface area contributed by atoms with Crippen LogP contribution in [0.5, 0.6) is 0 Å². The number of aliphatic carboxylic acids is 1. The summed E-state index contributed by atoms with van der Waals surface area (Å²) in [5.74, 6) is -1.11. The summed E-state index contributed by atoms with van der Waals surface area (Å²) in [4.78, 5) is 20.2. The molecule has 1 unspecified atom stereocenters. The first-order chi connectivity index (χ1) is 4.06. The average Bonchev–Trinajstić information content (AvgIpc) is 1.86. The Kier molecular flexibility index (Phi) is 2.37. The van der Waals surface area contributed by atoms with Crippen LogP contribution in [0.3, 0.4) is 0 Å². The molecule has 0 aliphatic carbocycles. The second-order valence-corrected chi connectivity index (χ2v) is 2.09. The zero-order valence-electron chi connectivity index (χ0n) is 5.47. The summed E-state index contributed by atoms with van der Waals surface area (Å²) in [6.45, 7) is 2.99. The molecule has 3 nitrogen and oxygen atoms in total. The molecule has 0 bridgehead atoms. The van der Waals surface area contributed by atoms with Crippen LogP contribution in [0.1, 0.15) is 20.3 Å². The highest BCUT2D eigenvalue weighted by molar-refractivity contribution is 5.91. The molecule has 0 saturated heterocycles. The van der Waals surface area contributed by atoms with Gasteiger partial charge in [0.2, 0.25) is 6.29 Å². The second-order valence-electron chi connectivity index (χ2n) is 2.09. The molecule has 0 saturated carbocycles. The minimum absolute atomic E-state index is 0.284. The number of carbonyl (C=O) groups is 1. The molecule has 1 radical (unpaired) electrons. The van der Waals surface area contributed by atoms with Gasteiger partial charge >= 0.3 is 5.97 Å². The van der Waals surface area contributed by atoms with Crippen LogP contribution in [0, 0.1) is 5.41 Å². The molecule has 0 heterocycles. The highest BCUT2D eigenvalue weighted by atomic mass is 16.4. The van der Waals surface area contributed by atoms with Crippen molar-refractivity contribution in [3.05, 3.63) is 0 Å². The summed E-state index contributed by atoms with van der Waals surface area (Å²) in [6.07, 6.45) is 1.76. The van der Waals surface area contributed by atoms with E-state index in [4.69, 9.17) is 5.11 Å². The molecular formula is C6H9O3. The Bertz CT molecular complexity index is 130. The zero-order valence-corrected chi connectivity index (χ0v) is 5.47. The Morgan fingerprint density at radius 1 is 1.78 bits per heavy atom. The van der Waals surface area contributed by atoms with E-state index < -0.39 is 11.4 Å². The molecule has 51 valence electrons. The van der Waals surface area contributed by atoms with Gasteiger partial charge in [-0.1, -0.05) is 6.92 Å². The van der Waals surface area contributed by atoms with Crippen LogP contribution in [0.4, 0.5) is 0 Å². The third kappa shape index (κ3) is 1.52. The summed E-state index contributed by atoms with van der Waals surface area (Å²) >= 11 is 0. The number of rotatable bonds is 3. The van der Waals surface area contributed by atoms with E-state index in [1.54, 1.807) is 6.92 Å². The largest absolute Gasteiger partial charge is 0.480 e. The van der Waals surface area contributed by atoms with Crippen molar-refractivity contribution in [2.24, 2.45) is 5.41 Å². The van der Waals surface area contributed by atoms with Crippen LogP contribution in [0.15, 0.2) is 0 Å². The van der Waals surface area contributed by atoms with Gasteiger partial charge in [0.05, 0.1) is 0 Å². The Morgan fingerprint density at radius 3 is 2.22 bits per heavy atom. The van der Waals surface area contributed by atoms with Crippen molar-refractivity contribution in [1.82, 2.24) is 0 Å². The molecule has 0 amide bonds. The standard InChI is InChI=1S/C6H9O3/c1-3-6(2,4-7)5(8)9/h3H2,1-2H3,(H,8,9). The minimum Gasteiger partial charge on any atom is -0.480 e. The number of carboxylic acids is 1. The van der Waals surface area contributed by atoms with Gasteiger partial charge in [-0.2, -0.15) is 0 Å². The summed E-state index contributed by atoms with van der Waals surface area (Å²) in [5, 5.41) is 8.37. The number of carbonyl (C=O) groups excluding carboxylic acids is 1. The smallest absolute Gasteiger partial charge is 0.317 e. The van der Waals surface area contributed by atoms with Crippen LogP contribution in [0.25, 0.3) is 0 Å². The molecular weight excluding hydrogens is 120 g/mol. The lowest BCUT2D eigenvalue weighted by Gasteiger charge is -2.11. The van der Waals surface area contributed by atoms with Crippen LogP contribution in [0.2, 0.25) is 0 Å². The minimum atomic E-state index is -1.31. The van der Waals surface area contributed by atoms with Crippen molar-refractivity contribution in [3.8, 4) is 0 Å². The van der Waals surface area contributed by atoms with Gasteiger partial charge in [-0.3, -0.25) is 9.59 Å². The van der Waals surface area contributed by atoms with E-state index in [0.29, 0.717) is 0 Å². The fourth-order valence-corrected chi connectivity index (χ4v) is 0.267. The van der Waals surface area contributed by atoms with Crippen molar-refractivity contribution in [2.45, 2.75) is 20.3 Å². The van der Waals surface area contributed by atoms with E-state index in [2.05, 4.69) is 0 Å². The van der Waals surface area contributed by atoms with Crippen molar-refractivity contribution >= 4 is 12.3 Å². The average molecular weight is 129 g/mol. The lowest BCUT2D eigenvalue weighted by atomic mass is 9.90. The van der Waals surface area contributed by atoms with Gasteiger partial charge in [0.25, 0.3) is 0 Å². The van der Waals surface area contributed by atoms with Crippen LogP contribution in [-0.4, -0.2) is 17.4 Å². The SMILES string of the molecule is CCC(C)([C]=O)C(=O)O. The topological polar surface area (TPSA) is 54.4 Å². The lowest BCUT2D eigenvalue weighted by Crippen LogP contribution is -2.27. The van der Waals surface area contributed by atoms with E-state index in [1.165, 1.54) is 13.2 Å². The highest BCUT2D eigenvalue weighted by Gasteiger charge is 2.31. The first-order valence-corrected chi connectivity index (χ1v) is 2.69. The Morgan fingerprint density at radius 2 is 2.22 bits per heavy atom. The van der Waals surface area contributed by atoms with Gasteiger partial charge in [0.1, 0.15) is 5.41 Å². The van der Waals surface area contributed by atoms with Crippen LogP contribution in [-0.2, 0) is 9.59 Å². The van der Waals surface area contributed by atoms with E-state index in [1.807, 2.05) is 0 Å². The molecule has 0 fully saturated rings. The van der Waals surface area contributed by atoms with Gasteiger partial charge in [-0.05, 0) is 13.3 Å². The molecule has 3 heteroatoms. The summed E-state index contributed by atoms with van der Waals surface area (Å²) in [5.41, 5.74) is -1.31. The van der Waals surface area contributed by atoms with Gasteiger partial charge in [-0.15, -0.1) is 0 Å². The van der Waals surface area contributed by atoms with Crippen molar-refractivity contribution in [1.29, 1.82) is 0 Å². The van der Waals surface area contributed by atoms with Gasteiger partial charge in [-0.25, -0.2) is 0 Å². The highest BCUT2D eigenvalue weighted by Crippen LogP contribution is 2.16. The Balaban J connectivity index is 4.27. The van der Waals surface area contributed by atoms with Gasteiger partial charge in [0.15, 0.2) is 0 Å². The van der Waals surface area contributed by atoms with E-state index in [9.17, 15) is 9.59 Å². The van der Waals surface area contributed by atoms with Gasteiger partial charge < -0.3 is 5.11 Å². The maximum absolute atomic E-state index is 10.2. The monoisotopic (exact) mass is 129 g/mol. The maximum atomic E-state index is 10.2. The van der Waals surface area contributed by atoms with Crippen molar-refractivity contribution < 1.29 is 14.7 Å². The number of hydrogen-bond donors (Lipinski definition) is 1. The molecule has 0 aliphatic heterocycles. The van der Waals surface area contributed by atoms with E-state index >= 15 is 0 Å². The molecule has 1 atom stereocenters. The number of hydrogen-bond acceptors (Lipinski definition) is 2. The predicted octanol–water partition coefficient (Wildman–Crippen LogP) is 0.597. The Hall–Kier alpha value is -0.860. The zero-order chi connectivity index (χ0) is 7.49. The predicted molar refractivity (Wildman–Crippen MR) is 31.7 cm³/mol. The first-order valence-electron chi connectivity index (χ1n) is 2.69.